The predicted molar refractivity (Wildman–Crippen MR) is 64.6 cm³/mol. The average Bonchev–Trinajstić information content (AvgIpc) is 2.86. The largest absolute Gasteiger partial charge is 0.459 e. The maximum absolute atomic E-state index is 11.5. The van der Waals surface area contributed by atoms with Gasteiger partial charge in [-0.1, -0.05) is 0 Å². The van der Waals surface area contributed by atoms with Crippen molar-refractivity contribution in [3.05, 3.63) is 23.7 Å². The molecule has 1 unspecified atom stereocenters. The van der Waals surface area contributed by atoms with Crippen LogP contribution in [-0.2, 0) is 16.1 Å². The van der Waals surface area contributed by atoms with Gasteiger partial charge in [-0.25, -0.2) is 5.84 Å². The lowest BCUT2D eigenvalue weighted by Gasteiger charge is -2.33. The average molecular weight is 268 g/mol. The van der Waals surface area contributed by atoms with Crippen LogP contribution in [0.15, 0.2) is 16.7 Å². The molecule has 8 nitrogen and oxygen atoms in total. The Morgan fingerprint density at radius 2 is 2.32 bits per heavy atom. The van der Waals surface area contributed by atoms with E-state index in [1.165, 1.54) is 6.26 Å². The number of nitrogens with two attached hydrogens (primary N) is 2. The molecule has 5 N–H and O–H groups in total. The third-order valence-corrected chi connectivity index (χ3v) is 3.03. The maximum atomic E-state index is 11.5. The Kier molecular flexibility index (Phi) is 4.15. The fourth-order valence-corrected chi connectivity index (χ4v) is 2.03. The van der Waals surface area contributed by atoms with E-state index in [9.17, 15) is 9.59 Å². The molecule has 2 rings (SSSR count). The van der Waals surface area contributed by atoms with E-state index >= 15 is 0 Å². The number of hydrogen-bond donors (Lipinski definition) is 3. The van der Waals surface area contributed by atoms with Crippen molar-refractivity contribution in [2.45, 2.75) is 12.6 Å². The second-order valence-electron chi connectivity index (χ2n) is 4.21. The van der Waals surface area contributed by atoms with E-state index in [1.807, 2.05) is 10.3 Å². The Labute approximate surface area is 109 Å². The summed E-state index contributed by atoms with van der Waals surface area (Å²) >= 11 is 0. The van der Waals surface area contributed by atoms with Gasteiger partial charge < -0.3 is 14.9 Å². The van der Waals surface area contributed by atoms with Crippen molar-refractivity contribution < 1.29 is 18.7 Å². The molecule has 0 bridgehead atoms. The van der Waals surface area contributed by atoms with Gasteiger partial charge in [0.05, 0.1) is 19.5 Å². The number of nitrogens with zero attached hydrogens (tertiary/aromatic N) is 1. The fourth-order valence-electron chi connectivity index (χ4n) is 2.03. The lowest BCUT2D eigenvalue weighted by atomic mass is 10.1. The van der Waals surface area contributed by atoms with Crippen LogP contribution < -0.4 is 17.0 Å². The number of rotatable bonds is 4. The van der Waals surface area contributed by atoms with Crippen molar-refractivity contribution >= 4 is 11.8 Å². The Hall–Kier alpha value is -1.90. The number of primary amides is 1. The summed E-state index contributed by atoms with van der Waals surface area (Å²) in [6, 6.07) is 1.16. The Bertz CT molecular complexity index is 473. The zero-order chi connectivity index (χ0) is 13.8. The normalized spacial score (nSPS) is 20.2. The SMILES string of the molecule is NNC(=O)c1occc1CN1CCOCC1C(N)=O. The molecule has 0 spiro atoms. The number of ether oxygens (including phenoxy) is 1. The van der Waals surface area contributed by atoms with Crippen LogP contribution in [0.3, 0.4) is 0 Å². The number of carbonyl (C=O) groups excluding carboxylic acids is 2. The summed E-state index contributed by atoms with van der Waals surface area (Å²) in [6.07, 6.45) is 1.40. The van der Waals surface area contributed by atoms with Crippen LogP contribution in [0.4, 0.5) is 0 Å². The monoisotopic (exact) mass is 268 g/mol. The van der Waals surface area contributed by atoms with Gasteiger partial charge in [0.25, 0.3) is 0 Å². The number of carbonyl (C=O) groups is 2. The number of hydrogen-bond acceptors (Lipinski definition) is 6. The molecule has 1 aromatic rings. The standard InChI is InChI=1S/C11H16N4O4/c12-10(16)8-6-18-4-2-15(8)5-7-1-3-19-9(7)11(17)14-13/h1,3,8H,2,4-6,13H2,(H2,12,16)(H,14,17). The topological polar surface area (TPSA) is 124 Å². The lowest BCUT2D eigenvalue weighted by Crippen LogP contribution is -2.52. The molecule has 1 aliphatic rings. The molecule has 1 atom stereocenters. The third kappa shape index (κ3) is 2.92. The quantitative estimate of drug-likeness (QED) is 0.349. The minimum atomic E-state index is -0.510. The summed E-state index contributed by atoms with van der Waals surface area (Å²) in [6.45, 7) is 1.70. The van der Waals surface area contributed by atoms with Crippen LogP contribution in [0, 0.1) is 0 Å². The first-order valence-corrected chi connectivity index (χ1v) is 5.82. The highest BCUT2D eigenvalue weighted by Gasteiger charge is 2.29. The van der Waals surface area contributed by atoms with Crippen LogP contribution >= 0.6 is 0 Å². The molecule has 2 heterocycles. The molecule has 1 aromatic heterocycles. The summed E-state index contributed by atoms with van der Waals surface area (Å²) in [5, 5.41) is 0. The van der Waals surface area contributed by atoms with Crippen molar-refractivity contribution in [3.63, 3.8) is 0 Å². The molecule has 19 heavy (non-hydrogen) atoms. The summed E-state index contributed by atoms with van der Waals surface area (Å²) in [4.78, 5) is 24.7. The van der Waals surface area contributed by atoms with Crippen molar-refractivity contribution in [2.75, 3.05) is 19.8 Å². The van der Waals surface area contributed by atoms with Gasteiger partial charge in [-0.15, -0.1) is 0 Å². The van der Waals surface area contributed by atoms with E-state index in [0.717, 1.165) is 0 Å². The van der Waals surface area contributed by atoms with Crippen LogP contribution in [0.5, 0.6) is 0 Å². The van der Waals surface area contributed by atoms with Crippen molar-refractivity contribution in [1.29, 1.82) is 0 Å². The number of morpholine rings is 1. The predicted octanol–water partition coefficient (Wildman–Crippen LogP) is -1.43. The van der Waals surface area contributed by atoms with Gasteiger partial charge in [0.1, 0.15) is 6.04 Å². The summed E-state index contributed by atoms with van der Waals surface area (Å²) in [5.74, 6) is 4.25. The Morgan fingerprint density at radius 1 is 1.53 bits per heavy atom. The molecule has 1 fully saturated rings. The molecule has 0 saturated carbocycles. The molecule has 1 aliphatic heterocycles. The molecule has 0 aromatic carbocycles. The van der Waals surface area contributed by atoms with Crippen molar-refractivity contribution in [3.8, 4) is 0 Å². The number of nitrogen functional groups attached to an aromatic ring is 1. The molecule has 0 aliphatic carbocycles. The first-order valence-electron chi connectivity index (χ1n) is 5.82. The van der Waals surface area contributed by atoms with Gasteiger partial charge in [0, 0.05) is 18.7 Å². The first kappa shape index (κ1) is 13.5. The highest BCUT2D eigenvalue weighted by Crippen LogP contribution is 2.16. The Balaban J connectivity index is 2.13. The summed E-state index contributed by atoms with van der Waals surface area (Å²) in [7, 11) is 0. The van der Waals surface area contributed by atoms with Gasteiger partial charge in [-0.3, -0.25) is 19.9 Å². The highest BCUT2D eigenvalue weighted by atomic mass is 16.5. The van der Waals surface area contributed by atoms with Gasteiger partial charge in [0.15, 0.2) is 5.76 Å². The molecule has 104 valence electrons. The van der Waals surface area contributed by atoms with E-state index in [0.29, 0.717) is 25.3 Å². The molecule has 2 amide bonds. The van der Waals surface area contributed by atoms with E-state index < -0.39 is 17.9 Å². The van der Waals surface area contributed by atoms with E-state index in [4.69, 9.17) is 20.7 Å². The van der Waals surface area contributed by atoms with E-state index in [2.05, 4.69) is 0 Å². The second-order valence-corrected chi connectivity index (χ2v) is 4.21. The smallest absolute Gasteiger partial charge is 0.301 e. The molecular formula is C11H16N4O4. The molecule has 1 saturated heterocycles. The van der Waals surface area contributed by atoms with Gasteiger partial charge in [-0.2, -0.15) is 0 Å². The highest BCUT2D eigenvalue weighted by molar-refractivity contribution is 5.92. The van der Waals surface area contributed by atoms with E-state index in [1.54, 1.807) is 6.07 Å². The van der Waals surface area contributed by atoms with Crippen LogP contribution in [0.1, 0.15) is 16.1 Å². The zero-order valence-electron chi connectivity index (χ0n) is 10.3. The minimum absolute atomic E-state index is 0.136. The van der Waals surface area contributed by atoms with Gasteiger partial charge >= 0.3 is 5.91 Å². The fraction of sp³-hybridized carbons (Fsp3) is 0.455. The number of nitrogens with one attached hydrogen (secondary N) is 1. The van der Waals surface area contributed by atoms with Crippen molar-refractivity contribution in [1.82, 2.24) is 10.3 Å². The number of furan rings is 1. The molecular weight excluding hydrogens is 252 g/mol. The summed E-state index contributed by atoms with van der Waals surface area (Å²) < 4.78 is 10.3. The molecule has 0 radical (unpaired) electrons. The zero-order valence-corrected chi connectivity index (χ0v) is 10.3. The second kappa shape index (κ2) is 5.83. The van der Waals surface area contributed by atoms with Crippen LogP contribution in [0.2, 0.25) is 0 Å². The summed E-state index contributed by atoms with van der Waals surface area (Å²) in [5.41, 5.74) is 7.99. The number of hydrazine groups is 1. The van der Waals surface area contributed by atoms with Crippen LogP contribution in [0.25, 0.3) is 0 Å². The van der Waals surface area contributed by atoms with Gasteiger partial charge in [-0.05, 0) is 6.07 Å². The van der Waals surface area contributed by atoms with Gasteiger partial charge in [0.2, 0.25) is 5.91 Å². The maximum Gasteiger partial charge on any atom is 0.301 e. The Morgan fingerprint density at radius 3 is 3.00 bits per heavy atom. The molecule has 8 heteroatoms. The van der Waals surface area contributed by atoms with E-state index in [-0.39, 0.29) is 12.4 Å². The van der Waals surface area contributed by atoms with Crippen molar-refractivity contribution in [2.24, 2.45) is 11.6 Å². The third-order valence-electron chi connectivity index (χ3n) is 3.03. The first-order chi connectivity index (χ1) is 9.13. The number of amides is 2. The lowest BCUT2D eigenvalue weighted by molar-refractivity contribution is -0.129. The van der Waals surface area contributed by atoms with Crippen LogP contribution in [-0.4, -0.2) is 42.5 Å². The minimum Gasteiger partial charge on any atom is -0.459 e.